The van der Waals surface area contributed by atoms with Gasteiger partial charge < -0.3 is 11.1 Å². The minimum Gasteiger partial charge on any atom is -0.368 e. The van der Waals surface area contributed by atoms with Crippen LogP contribution in [-0.2, 0) is 11.3 Å². The van der Waals surface area contributed by atoms with Gasteiger partial charge >= 0.3 is 0 Å². The molecule has 0 radical (unpaired) electrons. The van der Waals surface area contributed by atoms with Gasteiger partial charge in [-0.1, -0.05) is 6.07 Å². The number of benzene rings is 1. The third kappa shape index (κ3) is 3.04. The fraction of sp³-hybridized carbons (Fsp3) is 0.273. The molecule has 4 nitrogen and oxygen atoms in total. The molecule has 0 heterocycles. The highest BCUT2D eigenvalue weighted by molar-refractivity contribution is 5.79. The zero-order chi connectivity index (χ0) is 12.1. The van der Waals surface area contributed by atoms with E-state index in [-0.39, 0.29) is 12.1 Å². The highest BCUT2D eigenvalue weighted by atomic mass is 19.1. The van der Waals surface area contributed by atoms with Crippen molar-refractivity contribution in [1.82, 2.24) is 5.32 Å². The standard InChI is InChI=1S/C11H12FN3O/c1-7(11(14)16)15-6-9-3-2-8(5-13)4-10(9)12/h2-4,7,15H,6H2,1H3,(H2,14,16). The first kappa shape index (κ1) is 12.1. The largest absolute Gasteiger partial charge is 0.368 e. The quantitative estimate of drug-likeness (QED) is 0.783. The van der Waals surface area contributed by atoms with Gasteiger partial charge in [-0.15, -0.1) is 0 Å². The molecular formula is C11H12FN3O. The van der Waals surface area contributed by atoms with Crippen LogP contribution < -0.4 is 11.1 Å². The van der Waals surface area contributed by atoms with Gasteiger partial charge in [-0.3, -0.25) is 4.79 Å². The average molecular weight is 221 g/mol. The summed E-state index contributed by atoms with van der Waals surface area (Å²) >= 11 is 0. The Balaban J connectivity index is 2.69. The molecule has 1 aromatic carbocycles. The molecule has 5 heteroatoms. The third-order valence-electron chi connectivity index (χ3n) is 2.21. The SMILES string of the molecule is CC(NCc1ccc(C#N)cc1F)C(N)=O. The molecule has 0 fully saturated rings. The minimum atomic E-state index is -0.518. The number of hydrogen-bond donors (Lipinski definition) is 2. The van der Waals surface area contributed by atoms with Crippen LogP contribution in [0.15, 0.2) is 18.2 Å². The molecule has 0 aliphatic heterocycles. The van der Waals surface area contributed by atoms with E-state index in [1.807, 2.05) is 6.07 Å². The second kappa shape index (κ2) is 5.24. The number of nitrogens with zero attached hydrogens (tertiary/aromatic N) is 1. The lowest BCUT2D eigenvalue weighted by Crippen LogP contribution is -2.38. The van der Waals surface area contributed by atoms with Crippen LogP contribution in [0.4, 0.5) is 4.39 Å². The smallest absolute Gasteiger partial charge is 0.234 e. The predicted octanol–water partition coefficient (Wildman–Crippen LogP) is 0.661. The number of primary amides is 1. The van der Waals surface area contributed by atoms with Crippen molar-refractivity contribution in [1.29, 1.82) is 5.26 Å². The van der Waals surface area contributed by atoms with Gasteiger partial charge in [0.15, 0.2) is 0 Å². The third-order valence-corrected chi connectivity index (χ3v) is 2.21. The molecule has 1 amide bonds. The number of hydrogen-bond acceptors (Lipinski definition) is 3. The van der Waals surface area contributed by atoms with Gasteiger partial charge in [-0.2, -0.15) is 5.26 Å². The summed E-state index contributed by atoms with van der Waals surface area (Å²) in [5, 5.41) is 11.3. The normalized spacial score (nSPS) is 11.8. The zero-order valence-corrected chi connectivity index (χ0v) is 8.83. The van der Waals surface area contributed by atoms with Crippen LogP contribution in [0.5, 0.6) is 0 Å². The number of amides is 1. The molecule has 16 heavy (non-hydrogen) atoms. The molecule has 0 aliphatic carbocycles. The summed E-state index contributed by atoms with van der Waals surface area (Å²) in [6.07, 6.45) is 0. The lowest BCUT2D eigenvalue weighted by molar-refractivity contribution is -0.119. The lowest BCUT2D eigenvalue weighted by atomic mass is 10.1. The zero-order valence-electron chi connectivity index (χ0n) is 8.83. The van der Waals surface area contributed by atoms with Crippen molar-refractivity contribution in [3.63, 3.8) is 0 Å². The summed E-state index contributed by atoms with van der Waals surface area (Å²) in [6, 6.07) is 5.52. The Labute approximate surface area is 92.9 Å². The topological polar surface area (TPSA) is 78.9 Å². The Morgan fingerprint density at radius 1 is 1.69 bits per heavy atom. The number of nitriles is 1. The van der Waals surface area contributed by atoms with Gasteiger partial charge in [0.05, 0.1) is 17.7 Å². The van der Waals surface area contributed by atoms with Crippen LogP contribution in [0, 0.1) is 17.1 Å². The monoisotopic (exact) mass is 221 g/mol. The Morgan fingerprint density at radius 3 is 2.88 bits per heavy atom. The molecule has 0 bridgehead atoms. The van der Waals surface area contributed by atoms with Gasteiger partial charge in [-0.05, 0) is 19.1 Å². The summed E-state index contributed by atoms with van der Waals surface area (Å²) in [6.45, 7) is 1.80. The number of rotatable bonds is 4. The minimum absolute atomic E-state index is 0.196. The first-order chi connectivity index (χ1) is 7.54. The summed E-state index contributed by atoms with van der Waals surface area (Å²) in [5.74, 6) is -0.961. The van der Waals surface area contributed by atoms with Crippen molar-refractivity contribution in [3.05, 3.63) is 35.1 Å². The first-order valence-electron chi connectivity index (χ1n) is 4.76. The average Bonchev–Trinajstić information content (AvgIpc) is 2.26. The number of carbonyl (C=O) groups excluding carboxylic acids is 1. The number of nitrogens with two attached hydrogens (primary N) is 1. The van der Waals surface area contributed by atoms with Gasteiger partial charge in [0.2, 0.25) is 5.91 Å². The van der Waals surface area contributed by atoms with E-state index in [0.29, 0.717) is 5.56 Å². The molecular weight excluding hydrogens is 209 g/mol. The maximum absolute atomic E-state index is 13.4. The second-order valence-electron chi connectivity index (χ2n) is 3.42. The maximum Gasteiger partial charge on any atom is 0.234 e. The molecule has 0 saturated heterocycles. The van der Waals surface area contributed by atoms with Crippen molar-refractivity contribution in [2.45, 2.75) is 19.5 Å². The van der Waals surface area contributed by atoms with E-state index in [0.717, 1.165) is 6.07 Å². The number of carbonyl (C=O) groups is 1. The maximum atomic E-state index is 13.4. The second-order valence-corrected chi connectivity index (χ2v) is 3.42. The molecule has 84 valence electrons. The predicted molar refractivity (Wildman–Crippen MR) is 56.6 cm³/mol. The molecule has 0 aromatic heterocycles. The Hall–Kier alpha value is -1.93. The van der Waals surface area contributed by atoms with Crippen LogP contribution in [0.25, 0.3) is 0 Å². The Bertz CT molecular complexity index is 439. The Kier molecular flexibility index (Phi) is 3.97. The van der Waals surface area contributed by atoms with E-state index in [1.165, 1.54) is 12.1 Å². The van der Waals surface area contributed by atoms with Gasteiger partial charge in [0, 0.05) is 12.1 Å². The van der Waals surface area contributed by atoms with Crippen molar-refractivity contribution in [2.24, 2.45) is 5.73 Å². The molecule has 3 N–H and O–H groups in total. The highest BCUT2D eigenvalue weighted by Gasteiger charge is 2.09. The fourth-order valence-corrected chi connectivity index (χ4v) is 1.12. The van der Waals surface area contributed by atoms with E-state index in [9.17, 15) is 9.18 Å². The van der Waals surface area contributed by atoms with Gasteiger partial charge in [0.1, 0.15) is 5.82 Å². The van der Waals surface area contributed by atoms with E-state index >= 15 is 0 Å². The van der Waals surface area contributed by atoms with E-state index in [2.05, 4.69) is 5.32 Å². The molecule has 0 spiro atoms. The lowest BCUT2D eigenvalue weighted by Gasteiger charge is -2.10. The molecule has 1 atom stereocenters. The highest BCUT2D eigenvalue weighted by Crippen LogP contribution is 2.09. The molecule has 0 saturated carbocycles. The van der Waals surface area contributed by atoms with Crippen LogP contribution in [0.3, 0.4) is 0 Å². The Morgan fingerprint density at radius 2 is 2.38 bits per heavy atom. The number of halogens is 1. The molecule has 1 rings (SSSR count). The van der Waals surface area contributed by atoms with E-state index in [1.54, 1.807) is 6.92 Å². The summed E-state index contributed by atoms with van der Waals surface area (Å²) in [4.78, 5) is 10.7. The van der Waals surface area contributed by atoms with Crippen LogP contribution in [0.1, 0.15) is 18.1 Å². The first-order valence-corrected chi connectivity index (χ1v) is 4.76. The summed E-state index contributed by atoms with van der Waals surface area (Å²) < 4.78 is 13.4. The molecule has 1 aromatic rings. The summed E-state index contributed by atoms with van der Waals surface area (Å²) in [5.41, 5.74) is 5.71. The molecule has 1 unspecified atom stereocenters. The van der Waals surface area contributed by atoms with Crippen molar-refractivity contribution in [3.8, 4) is 6.07 Å². The van der Waals surface area contributed by atoms with E-state index < -0.39 is 17.8 Å². The van der Waals surface area contributed by atoms with Crippen molar-refractivity contribution < 1.29 is 9.18 Å². The van der Waals surface area contributed by atoms with Gasteiger partial charge in [-0.25, -0.2) is 4.39 Å². The fourth-order valence-electron chi connectivity index (χ4n) is 1.12. The van der Waals surface area contributed by atoms with E-state index in [4.69, 9.17) is 11.0 Å². The summed E-state index contributed by atoms with van der Waals surface area (Å²) in [7, 11) is 0. The van der Waals surface area contributed by atoms with Gasteiger partial charge in [0.25, 0.3) is 0 Å². The van der Waals surface area contributed by atoms with Crippen molar-refractivity contribution in [2.75, 3.05) is 0 Å². The van der Waals surface area contributed by atoms with Crippen LogP contribution in [-0.4, -0.2) is 11.9 Å². The van der Waals surface area contributed by atoms with Crippen LogP contribution >= 0.6 is 0 Å². The van der Waals surface area contributed by atoms with Crippen LogP contribution in [0.2, 0.25) is 0 Å². The molecule has 0 aliphatic rings. The number of nitrogens with one attached hydrogen (secondary N) is 1. The van der Waals surface area contributed by atoms with Crippen molar-refractivity contribution >= 4 is 5.91 Å².